The lowest BCUT2D eigenvalue weighted by Gasteiger charge is -2.13. The number of unbranched alkanes of at least 4 members (excludes halogenated alkanes) is 1. The second-order valence-electron chi connectivity index (χ2n) is 6.41. The van der Waals surface area contributed by atoms with Crippen molar-refractivity contribution < 1.29 is 13.9 Å². The minimum absolute atomic E-state index is 0.120. The summed E-state index contributed by atoms with van der Waals surface area (Å²) in [7, 11) is 0. The predicted molar refractivity (Wildman–Crippen MR) is 97.1 cm³/mol. The number of benzene rings is 1. The summed E-state index contributed by atoms with van der Waals surface area (Å²) in [6.07, 6.45) is 3.40. The van der Waals surface area contributed by atoms with Crippen molar-refractivity contribution in [2.45, 2.75) is 68.8 Å². The van der Waals surface area contributed by atoms with Gasteiger partial charge in [-0.3, -0.25) is 0 Å². The van der Waals surface area contributed by atoms with Crippen molar-refractivity contribution in [1.82, 2.24) is 9.55 Å². The van der Waals surface area contributed by atoms with Crippen LogP contribution in [0.4, 0.5) is 8.78 Å². The topological polar surface area (TPSA) is 38.0 Å². The van der Waals surface area contributed by atoms with Gasteiger partial charge in [-0.1, -0.05) is 39.0 Å². The first-order valence-corrected chi connectivity index (χ1v) is 9.62. The van der Waals surface area contributed by atoms with Gasteiger partial charge >= 0.3 is 0 Å². The van der Waals surface area contributed by atoms with Crippen molar-refractivity contribution in [1.29, 1.82) is 0 Å². The van der Waals surface area contributed by atoms with Crippen LogP contribution < -0.4 is 0 Å². The molecule has 6 heteroatoms. The van der Waals surface area contributed by atoms with E-state index in [0.717, 1.165) is 42.0 Å². The molecule has 25 heavy (non-hydrogen) atoms. The van der Waals surface area contributed by atoms with Crippen LogP contribution >= 0.6 is 11.8 Å². The number of rotatable bonds is 9. The highest BCUT2D eigenvalue weighted by Gasteiger charge is 2.20. The van der Waals surface area contributed by atoms with Crippen molar-refractivity contribution in [3.05, 3.63) is 41.4 Å². The van der Waals surface area contributed by atoms with E-state index in [1.54, 1.807) is 0 Å². The van der Waals surface area contributed by atoms with E-state index in [4.69, 9.17) is 10.1 Å². The summed E-state index contributed by atoms with van der Waals surface area (Å²) in [5.41, 5.74) is 0.943. The lowest BCUT2D eigenvalue weighted by atomic mass is 10.1. The first-order chi connectivity index (χ1) is 12.0. The Bertz CT molecular complexity index is 681. The SMILES string of the molecule is CCCCn1c(CCCO)nc(C(C)C)c1Sc1cc(F)cc(F)c1. The third-order valence-electron chi connectivity index (χ3n) is 3.92. The molecule has 3 nitrogen and oxygen atoms in total. The molecule has 0 aliphatic carbocycles. The third-order valence-corrected chi connectivity index (χ3v) is 5.01. The van der Waals surface area contributed by atoms with E-state index in [-0.39, 0.29) is 12.5 Å². The standard InChI is InChI=1S/C19H26F2N2OS/c1-4-5-8-23-17(7-6-9-24)22-18(13(2)3)19(23)25-16-11-14(20)10-15(21)12-16/h10-13,24H,4-9H2,1-3H3. The summed E-state index contributed by atoms with van der Waals surface area (Å²) >= 11 is 1.36. The molecule has 138 valence electrons. The van der Waals surface area contributed by atoms with Crippen LogP contribution in [0, 0.1) is 11.6 Å². The van der Waals surface area contributed by atoms with Crippen molar-refractivity contribution >= 4 is 11.8 Å². The van der Waals surface area contributed by atoms with Crippen molar-refractivity contribution in [2.24, 2.45) is 0 Å². The molecule has 0 fully saturated rings. The number of aliphatic hydroxyl groups excluding tert-OH is 1. The van der Waals surface area contributed by atoms with Gasteiger partial charge in [-0.15, -0.1) is 0 Å². The molecular weight excluding hydrogens is 342 g/mol. The monoisotopic (exact) mass is 368 g/mol. The minimum Gasteiger partial charge on any atom is -0.396 e. The zero-order valence-electron chi connectivity index (χ0n) is 15.1. The fourth-order valence-corrected chi connectivity index (χ4v) is 3.92. The number of aryl methyl sites for hydroxylation is 1. The molecule has 0 atom stereocenters. The van der Waals surface area contributed by atoms with Gasteiger partial charge < -0.3 is 9.67 Å². The maximum Gasteiger partial charge on any atom is 0.127 e. The number of aromatic nitrogens is 2. The van der Waals surface area contributed by atoms with E-state index in [9.17, 15) is 8.78 Å². The van der Waals surface area contributed by atoms with E-state index in [1.807, 2.05) is 0 Å². The zero-order valence-corrected chi connectivity index (χ0v) is 15.9. The van der Waals surface area contributed by atoms with Gasteiger partial charge in [0.15, 0.2) is 0 Å². The predicted octanol–water partition coefficient (Wildman–Crippen LogP) is 5.16. The summed E-state index contributed by atoms with van der Waals surface area (Å²) in [5, 5.41) is 10.1. The molecule has 0 bridgehead atoms. The Balaban J connectivity index is 2.45. The van der Waals surface area contributed by atoms with Crippen LogP contribution in [-0.2, 0) is 13.0 Å². The molecule has 0 saturated heterocycles. The molecule has 1 heterocycles. The first kappa shape index (κ1) is 19.9. The number of imidazole rings is 1. The molecule has 1 aromatic heterocycles. The summed E-state index contributed by atoms with van der Waals surface area (Å²) in [5.74, 6) is -0.00955. The molecule has 2 aromatic rings. The van der Waals surface area contributed by atoms with Crippen LogP contribution in [0.3, 0.4) is 0 Å². The number of aliphatic hydroxyl groups is 1. The lowest BCUT2D eigenvalue weighted by molar-refractivity contribution is 0.286. The molecule has 1 N–H and O–H groups in total. The minimum atomic E-state index is -0.575. The summed E-state index contributed by atoms with van der Waals surface area (Å²) < 4.78 is 29.3. The van der Waals surface area contributed by atoms with E-state index >= 15 is 0 Å². The van der Waals surface area contributed by atoms with Crippen LogP contribution in [0.5, 0.6) is 0 Å². The summed E-state index contributed by atoms with van der Waals surface area (Å²) in [6.45, 7) is 7.20. The molecule has 2 rings (SSSR count). The molecule has 0 aliphatic rings. The van der Waals surface area contributed by atoms with Gasteiger partial charge in [0.25, 0.3) is 0 Å². The normalized spacial score (nSPS) is 11.5. The van der Waals surface area contributed by atoms with E-state index < -0.39 is 11.6 Å². The van der Waals surface area contributed by atoms with Gasteiger partial charge in [0.2, 0.25) is 0 Å². The van der Waals surface area contributed by atoms with Gasteiger partial charge in [0.05, 0.1) is 5.69 Å². The fourth-order valence-electron chi connectivity index (χ4n) is 2.66. The van der Waals surface area contributed by atoms with Crippen LogP contribution in [0.1, 0.15) is 57.5 Å². The Kier molecular flexibility index (Phi) is 7.44. The van der Waals surface area contributed by atoms with E-state index in [0.29, 0.717) is 17.7 Å². The molecule has 0 unspecified atom stereocenters. The second kappa shape index (κ2) is 9.34. The van der Waals surface area contributed by atoms with Gasteiger partial charge in [-0.2, -0.15) is 0 Å². The fraction of sp³-hybridized carbons (Fsp3) is 0.526. The Morgan fingerprint density at radius 1 is 1.16 bits per heavy atom. The molecule has 0 spiro atoms. The maximum atomic E-state index is 13.6. The molecule has 0 amide bonds. The van der Waals surface area contributed by atoms with Gasteiger partial charge in [-0.05, 0) is 30.9 Å². The highest BCUT2D eigenvalue weighted by Crippen LogP contribution is 2.36. The van der Waals surface area contributed by atoms with E-state index in [2.05, 4.69) is 25.3 Å². The highest BCUT2D eigenvalue weighted by molar-refractivity contribution is 7.99. The average Bonchev–Trinajstić information content (AvgIpc) is 2.87. The second-order valence-corrected chi connectivity index (χ2v) is 7.47. The molecule has 0 radical (unpaired) electrons. The quantitative estimate of drug-likeness (QED) is 0.664. The molecule has 0 aliphatic heterocycles. The van der Waals surface area contributed by atoms with Gasteiger partial charge in [0, 0.05) is 30.5 Å². The number of halogens is 2. The Hall–Kier alpha value is -1.40. The molecule has 0 saturated carbocycles. The number of hydrogen-bond acceptors (Lipinski definition) is 3. The Labute approximate surface area is 152 Å². The van der Waals surface area contributed by atoms with Crippen LogP contribution in [0.2, 0.25) is 0 Å². The third kappa shape index (κ3) is 5.28. The Morgan fingerprint density at radius 3 is 2.40 bits per heavy atom. The summed E-state index contributed by atoms with van der Waals surface area (Å²) in [6, 6.07) is 3.58. The van der Waals surface area contributed by atoms with Crippen LogP contribution in [0.15, 0.2) is 28.1 Å². The van der Waals surface area contributed by atoms with Crippen molar-refractivity contribution in [3.8, 4) is 0 Å². The van der Waals surface area contributed by atoms with Gasteiger partial charge in [0.1, 0.15) is 22.5 Å². The number of nitrogens with zero attached hydrogens (tertiary/aromatic N) is 2. The Morgan fingerprint density at radius 2 is 1.84 bits per heavy atom. The zero-order chi connectivity index (χ0) is 18.4. The highest BCUT2D eigenvalue weighted by atomic mass is 32.2. The maximum absolute atomic E-state index is 13.6. The molecule has 1 aromatic carbocycles. The van der Waals surface area contributed by atoms with Crippen molar-refractivity contribution in [3.63, 3.8) is 0 Å². The average molecular weight is 368 g/mol. The number of hydrogen-bond donors (Lipinski definition) is 1. The summed E-state index contributed by atoms with van der Waals surface area (Å²) in [4.78, 5) is 5.32. The van der Waals surface area contributed by atoms with Crippen molar-refractivity contribution in [2.75, 3.05) is 6.61 Å². The molecular formula is C19H26F2N2OS. The largest absolute Gasteiger partial charge is 0.396 e. The smallest absolute Gasteiger partial charge is 0.127 e. The van der Waals surface area contributed by atoms with Crippen LogP contribution in [0.25, 0.3) is 0 Å². The van der Waals surface area contributed by atoms with Crippen LogP contribution in [-0.4, -0.2) is 21.3 Å². The van der Waals surface area contributed by atoms with E-state index in [1.165, 1.54) is 23.9 Å². The first-order valence-electron chi connectivity index (χ1n) is 8.80. The van der Waals surface area contributed by atoms with Gasteiger partial charge in [-0.25, -0.2) is 13.8 Å². The lowest BCUT2D eigenvalue weighted by Crippen LogP contribution is -2.06.